The fourth-order valence-corrected chi connectivity index (χ4v) is 4.03. The Bertz CT molecular complexity index is 901. The normalized spacial score (nSPS) is 21.4. The molecule has 1 saturated heterocycles. The maximum Gasteiger partial charge on any atom is 0.330 e. The van der Waals surface area contributed by atoms with E-state index in [-0.39, 0.29) is 6.61 Å². The predicted octanol–water partition coefficient (Wildman–Crippen LogP) is 3.30. The molecule has 0 amide bonds. The molecule has 1 fully saturated rings. The number of hydrogen-bond donors (Lipinski definition) is 0. The van der Waals surface area contributed by atoms with Crippen LogP contribution in [0, 0.1) is 23.2 Å². The van der Waals surface area contributed by atoms with Crippen LogP contribution in [-0.4, -0.2) is 48.8 Å². The quantitative estimate of drug-likeness (QED) is 0.692. The molecule has 0 radical (unpaired) electrons. The van der Waals surface area contributed by atoms with Gasteiger partial charge in [-0.05, 0) is 37.3 Å². The third kappa shape index (κ3) is 4.83. The Labute approximate surface area is 171 Å². The lowest BCUT2D eigenvalue weighted by Crippen LogP contribution is -2.40. The maximum absolute atomic E-state index is 12.8. The van der Waals surface area contributed by atoms with Crippen molar-refractivity contribution in [2.45, 2.75) is 39.2 Å². The van der Waals surface area contributed by atoms with Crippen molar-refractivity contribution in [3.8, 4) is 6.07 Å². The van der Waals surface area contributed by atoms with Crippen molar-refractivity contribution in [3.63, 3.8) is 0 Å². The molecule has 1 aromatic carbocycles. The van der Waals surface area contributed by atoms with E-state index in [1.807, 2.05) is 24.3 Å². The Kier molecular flexibility index (Phi) is 6.65. The molecule has 1 aliphatic rings. The number of hydrogen-bond acceptors (Lipinski definition) is 7. The molecule has 3 rings (SSSR count). The molecule has 1 aliphatic heterocycles. The highest BCUT2D eigenvalue weighted by Crippen LogP contribution is 2.32. The average molecular weight is 396 g/mol. The molecule has 7 nitrogen and oxygen atoms in total. The van der Waals surface area contributed by atoms with E-state index < -0.39 is 18.0 Å². The number of esters is 1. The second kappa shape index (κ2) is 9.19. The summed E-state index contributed by atoms with van der Waals surface area (Å²) >= 11 is 0. The summed E-state index contributed by atoms with van der Waals surface area (Å²) in [5.74, 6) is -0.178. The second-order valence-corrected chi connectivity index (χ2v) is 8.04. The lowest BCUT2D eigenvalue weighted by molar-refractivity contribution is -0.150. The van der Waals surface area contributed by atoms with Gasteiger partial charge in [0.2, 0.25) is 0 Å². The van der Waals surface area contributed by atoms with E-state index in [1.165, 1.54) is 7.11 Å². The van der Waals surface area contributed by atoms with Crippen LogP contribution < -0.4 is 4.90 Å². The minimum atomic E-state index is -1.14. The van der Waals surface area contributed by atoms with Crippen molar-refractivity contribution < 1.29 is 14.3 Å². The van der Waals surface area contributed by atoms with Crippen LogP contribution in [0.2, 0.25) is 0 Å². The predicted molar refractivity (Wildman–Crippen MR) is 110 cm³/mol. The van der Waals surface area contributed by atoms with E-state index >= 15 is 0 Å². The highest BCUT2D eigenvalue weighted by atomic mass is 16.6. The van der Waals surface area contributed by atoms with Gasteiger partial charge in [0.15, 0.2) is 11.7 Å². The lowest BCUT2D eigenvalue weighted by atomic mass is 9.91. The van der Waals surface area contributed by atoms with Crippen LogP contribution in [-0.2, 0) is 14.3 Å². The summed E-state index contributed by atoms with van der Waals surface area (Å²) in [6, 6.07) is 9.60. The molecule has 0 spiro atoms. The van der Waals surface area contributed by atoms with Gasteiger partial charge in [0.05, 0.1) is 23.7 Å². The molecule has 4 atom stereocenters. The van der Waals surface area contributed by atoms with Gasteiger partial charge in [-0.2, -0.15) is 5.26 Å². The average Bonchev–Trinajstić information content (AvgIpc) is 2.67. The molecule has 154 valence electrons. The Hall–Kier alpha value is -2.72. The first-order chi connectivity index (χ1) is 13.9. The van der Waals surface area contributed by atoms with Crippen molar-refractivity contribution >= 4 is 22.8 Å². The largest absolute Gasteiger partial charge is 0.459 e. The van der Waals surface area contributed by atoms with E-state index in [4.69, 9.17) is 14.5 Å². The van der Waals surface area contributed by atoms with Crippen molar-refractivity contribution in [3.05, 3.63) is 30.0 Å². The number of methoxy groups -OCH3 is 1. The lowest BCUT2D eigenvalue weighted by Gasteiger charge is -2.36. The zero-order valence-corrected chi connectivity index (χ0v) is 17.5. The van der Waals surface area contributed by atoms with E-state index in [9.17, 15) is 10.1 Å². The number of benzene rings is 1. The number of piperidine rings is 1. The van der Waals surface area contributed by atoms with Gasteiger partial charge < -0.3 is 14.4 Å². The molecular formula is C22H28N4O3. The topological polar surface area (TPSA) is 88.3 Å². The van der Waals surface area contributed by atoms with Gasteiger partial charge >= 0.3 is 5.97 Å². The molecule has 7 heteroatoms. The van der Waals surface area contributed by atoms with Crippen LogP contribution in [0.4, 0.5) is 5.82 Å². The summed E-state index contributed by atoms with van der Waals surface area (Å²) in [6.07, 6.45) is 0.695. The Balaban J connectivity index is 2.04. The molecular weight excluding hydrogens is 368 g/mol. The smallest absolute Gasteiger partial charge is 0.330 e. The Morgan fingerprint density at radius 1 is 1.24 bits per heavy atom. The molecule has 0 aliphatic carbocycles. The summed E-state index contributed by atoms with van der Waals surface area (Å²) in [6.45, 7) is 8.05. The van der Waals surface area contributed by atoms with E-state index in [0.717, 1.165) is 25.0 Å². The van der Waals surface area contributed by atoms with Crippen LogP contribution in [0.3, 0.4) is 0 Å². The van der Waals surface area contributed by atoms with Crippen molar-refractivity contribution in [2.24, 2.45) is 11.8 Å². The SMILES string of the molecule is COC[C@@H](C)OC(=O)[C@@H](C#N)c1nc2ccccc2nc1N1C[C@@H](C)C[C@H](C)C1. The van der Waals surface area contributed by atoms with Crippen LogP contribution in [0.25, 0.3) is 11.0 Å². The van der Waals surface area contributed by atoms with E-state index in [0.29, 0.717) is 28.9 Å². The Morgan fingerprint density at radius 3 is 2.45 bits per heavy atom. The maximum atomic E-state index is 12.8. The third-order valence-electron chi connectivity index (χ3n) is 5.10. The monoisotopic (exact) mass is 396 g/mol. The van der Waals surface area contributed by atoms with Gasteiger partial charge in [-0.15, -0.1) is 0 Å². The van der Waals surface area contributed by atoms with Crippen molar-refractivity contribution in [1.82, 2.24) is 9.97 Å². The first-order valence-electron chi connectivity index (χ1n) is 10.0. The molecule has 2 aromatic rings. The van der Waals surface area contributed by atoms with Gasteiger partial charge in [-0.3, -0.25) is 4.79 Å². The zero-order valence-electron chi connectivity index (χ0n) is 17.5. The molecule has 0 saturated carbocycles. The van der Waals surface area contributed by atoms with Crippen molar-refractivity contribution in [2.75, 3.05) is 31.7 Å². The number of para-hydroxylation sites is 2. The molecule has 0 N–H and O–H groups in total. The number of rotatable bonds is 6. The zero-order chi connectivity index (χ0) is 21.0. The van der Waals surface area contributed by atoms with Gasteiger partial charge in [-0.1, -0.05) is 26.0 Å². The number of nitrogens with zero attached hydrogens (tertiary/aromatic N) is 4. The fourth-order valence-electron chi connectivity index (χ4n) is 4.03. The summed E-state index contributed by atoms with van der Waals surface area (Å²) in [7, 11) is 1.54. The first kappa shape index (κ1) is 21.0. The van der Waals surface area contributed by atoms with E-state index in [2.05, 4.69) is 29.8 Å². The number of ether oxygens (including phenoxy) is 2. The highest BCUT2D eigenvalue weighted by Gasteiger charge is 2.33. The molecule has 2 heterocycles. The van der Waals surface area contributed by atoms with Crippen LogP contribution in [0.5, 0.6) is 0 Å². The molecule has 0 unspecified atom stereocenters. The van der Waals surface area contributed by atoms with E-state index in [1.54, 1.807) is 6.92 Å². The van der Waals surface area contributed by atoms with Crippen LogP contribution in [0.15, 0.2) is 24.3 Å². The second-order valence-electron chi connectivity index (χ2n) is 8.04. The van der Waals surface area contributed by atoms with Gasteiger partial charge in [0, 0.05) is 20.2 Å². The highest BCUT2D eigenvalue weighted by molar-refractivity contribution is 5.85. The number of fused-ring (bicyclic) bond motifs is 1. The number of carbonyl (C=O) groups excluding carboxylic acids is 1. The van der Waals surface area contributed by atoms with Gasteiger partial charge in [-0.25, -0.2) is 9.97 Å². The van der Waals surface area contributed by atoms with Crippen LogP contribution >= 0.6 is 0 Å². The first-order valence-corrected chi connectivity index (χ1v) is 10.0. The molecule has 29 heavy (non-hydrogen) atoms. The Morgan fingerprint density at radius 2 is 1.86 bits per heavy atom. The van der Waals surface area contributed by atoms with Gasteiger partial charge in [0.25, 0.3) is 0 Å². The molecule has 0 bridgehead atoms. The van der Waals surface area contributed by atoms with Gasteiger partial charge in [0.1, 0.15) is 11.8 Å². The third-order valence-corrected chi connectivity index (χ3v) is 5.10. The minimum absolute atomic E-state index is 0.265. The van der Waals surface area contributed by atoms with Crippen molar-refractivity contribution in [1.29, 1.82) is 5.26 Å². The molecule has 1 aromatic heterocycles. The number of carbonyl (C=O) groups is 1. The summed E-state index contributed by atoms with van der Waals surface area (Å²) < 4.78 is 10.4. The summed E-state index contributed by atoms with van der Waals surface area (Å²) in [5.41, 5.74) is 1.76. The number of aromatic nitrogens is 2. The fraction of sp³-hybridized carbons (Fsp3) is 0.545. The van der Waals surface area contributed by atoms with Crippen LogP contribution in [0.1, 0.15) is 38.8 Å². The summed E-state index contributed by atoms with van der Waals surface area (Å²) in [4.78, 5) is 24.4. The minimum Gasteiger partial charge on any atom is -0.459 e. The summed E-state index contributed by atoms with van der Waals surface area (Å²) in [5, 5.41) is 9.82. The number of anilines is 1. The standard InChI is InChI=1S/C22H28N4O3/c1-14-9-15(2)12-26(11-14)21-20(24-18-7-5-6-8-19(18)25-21)17(10-23)22(27)29-16(3)13-28-4/h5-8,14-17H,9,11-13H2,1-4H3/t14-,15-,16+,17-/m0/s1. The number of nitriles is 1.